The average Bonchev–Trinajstić information content (AvgIpc) is 3.39. The fraction of sp³-hybridized carbons (Fsp3) is 0.190. The number of benzene rings is 1. The molecule has 4 aromatic rings. The van der Waals surface area contributed by atoms with Crippen molar-refractivity contribution >= 4 is 17.2 Å². The third-order valence-electron chi connectivity index (χ3n) is 4.56. The van der Waals surface area contributed by atoms with E-state index in [1.807, 2.05) is 6.07 Å². The van der Waals surface area contributed by atoms with E-state index in [-0.39, 0.29) is 12.5 Å². The lowest BCUT2D eigenvalue weighted by Gasteiger charge is -2.07. The standard InChI is InChI=1S/C21H17F3N6OS/c1-13-18(19(31)26-10-15-3-2-8-25-9-15)32-20(27-13)17-12-30(29-28-17)11-14-4-6-16(7-5-14)21(22,23)24/h2-9,12H,10-11H2,1H3,(H,26,31). The van der Waals surface area contributed by atoms with Gasteiger partial charge in [-0.3, -0.25) is 9.78 Å². The molecule has 7 nitrogen and oxygen atoms in total. The lowest BCUT2D eigenvalue weighted by atomic mass is 10.1. The lowest BCUT2D eigenvalue weighted by Crippen LogP contribution is -2.22. The normalized spacial score (nSPS) is 11.5. The van der Waals surface area contributed by atoms with Gasteiger partial charge >= 0.3 is 6.18 Å². The summed E-state index contributed by atoms with van der Waals surface area (Å²) < 4.78 is 39.6. The van der Waals surface area contributed by atoms with Gasteiger partial charge in [-0.15, -0.1) is 16.4 Å². The number of nitrogens with one attached hydrogen (secondary N) is 1. The number of nitrogens with zero attached hydrogens (tertiary/aromatic N) is 5. The van der Waals surface area contributed by atoms with Gasteiger partial charge < -0.3 is 5.32 Å². The van der Waals surface area contributed by atoms with Crippen molar-refractivity contribution < 1.29 is 18.0 Å². The zero-order valence-electron chi connectivity index (χ0n) is 16.8. The SMILES string of the molecule is Cc1nc(-c2cn(Cc3ccc(C(F)(F)F)cc3)nn2)sc1C(=O)NCc1cccnc1. The van der Waals surface area contributed by atoms with Crippen LogP contribution in [0, 0.1) is 6.92 Å². The lowest BCUT2D eigenvalue weighted by molar-refractivity contribution is -0.137. The molecule has 32 heavy (non-hydrogen) atoms. The Morgan fingerprint density at radius 3 is 2.62 bits per heavy atom. The van der Waals surface area contributed by atoms with Gasteiger partial charge in [0.2, 0.25) is 0 Å². The monoisotopic (exact) mass is 458 g/mol. The van der Waals surface area contributed by atoms with Crippen molar-refractivity contribution in [3.05, 3.63) is 82.3 Å². The Kier molecular flexibility index (Phi) is 5.99. The molecule has 0 saturated heterocycles. The van der Waals surface area contributed by atoms with Gasteiger partial charge in [0.25, 0.3) is 5.91 Å². The molecule has 0 aliphatic heterocycles. The maximum absolute atomic E-state index is 12.7. The molecule has 0 radical (unpaired) electrons. The third-order valence-corrected chi connectivity index (χ3v) is 5.74. The molecule has 1 aromatic carbocycles. The summed E-state index contributed by atoms with van der Waals surface area (Å²) in [5, 5.41) is 11.5. The number of aromatic nitrogens is 5. The summed E-state index contributed by atoms with van der Waals surface area (Å²) in [5.41, 5.74) is 1.89. The molecule has 0 fully saturated rings. The van der Waals surface area contributed by atoms with Crippen LogP contribution >= 0.6 is 11.3 Å². The Balaban J connectivity index is 1.43. The van der Waals surface area contributed by atoms with Gasteiger partial charge in [0.1, 0.15) is 15.6 Å². The van der Waals surface area contributed by atoms with Crippen LogP contribution in [0.5, 0.6) is 0 Å². The molecule has 4 rings (SSSR count). The van der Waals surface area contributed by atoms with Crippen LogP contribution in [0.25, 0.3) is 10.7 Å². The van der Waals surface area contributed by atoms with Crippen LogP contribution in [0.3, 0.4) is 0 Å². The van der Waals surface area contributed by atoms with Crippen LogP contribution in [0.4, 0.5) is 13.2 Å². The second-order valence-corrected chi connectivity index (χ2v) is 7.97. The Hall–Kier alpha value is -3.60. The van der Waals surface area contributed by atoms with Crippen molar-refractivity contribution in [3.63, 3.8) is 0 Å². The summed E-state index contributed by atoms with van der Waals surface area (Å²) in [6.45, 7) is 2.35. The molecule has 0 saturated carbocycles. The molecule has 0 spiro atoms. The van der Waals surface area contributed by atoms with Crippen LogP contribution in [-0.4, -0.2) is 30.9 Å². The van der Waals surface area contributed by atoms with E-state index in [0.29, 0.717) is 33.4 Å². The van der Waals surface area contributed by atoms with E-state index < -0.39 is 11.7 Å². The summed E-state index contributed by atoms with van der Waals surface area (Å²) in [6, 6.07) is 8.55. The number of hydrogen-bond donors (Lipinski definition) is 1. The van der Waals surface area contributed by atoms with Gasteiger partial charge in [0.05, 0.1) is 24.0 Å². The molecule has 1 amide bonds. The Morgan fingerprint density at radius 2 is 1.94 bits per heavy atom. The zero-order chi connectivity index (χ0) is 22.7. The van der Waals surface area contributed by atoms with Crippen molar-refractivity contribution in [1.29, 1.82) is 0 Å². The molecule has 11 heteroatoms. The van der Waals surface area contributed by atoms with Gasteiger partial charge in [0.15, 0.2) is 0 Å². The zero-order valence-corrected chi connectivity index (χ0v) is 17.6. The summed E-state index contributed by atoms with van der Waals surface area (Å²) in [7, 11) is 0. The highest BCUT2D eigenvalue weighted by molar-refractivity contribution is 7.17. The summed E-state index contributed by atoms with van der Waals surface area (Å²) in [6.07, 6.45) is 0.618. The first-order valence-corrected chi connectivity index (χ1v) is 10.3. The fourth-order valence-corrected chi connectivity index (χ4v) is 3.87. The number of aryl methyl sites for hydroxylation is 1. The van der Waals surface area contributed by atoms with Crippen LogP contribution < -0.4 is 5.32 Å². The van der Waals surface area contributed by atoms with Gasteiger partial charge in [0, 0.05) is 18.9 Å². The van der Waals surface area contributed by atoms with E-state index in [9.17, 15) is 18.0 Å². The summed E-state index contributed by atoms with van der Waals surface area (Å²) in [5.74, 6) is -0.243. The highest BCUT2D eigenvalue weighted by Crippen LogP contribution is 2.29. The molecule has 3 heterocycles. The molecular weight excluding hydrogens is 441 g/mol. The Morgan fingerprint density at radius 1 is 1.16 bits per heavy atom. The highest BCUT2D eigenvalue weighted by atomic mass is 32.1. The number of hydrogen-bond acceptors (Lipinski definition) is 6. The van der Waals surface area contributed by atoms with Crippen LogP contribution in [0.2, 0.25) is 0 Å². The minimum Gasteiger partial charge on any atom is -0.347 e. The minimum absolute atomic E-state index is 0.243. The first kappa shape index (κ1) is 21.6. The fourth-order valence-electron chi connectivity index (χ4n) is 2.94. The molecule has 0 aliphatic rings. The van der Waals surface area contributed by atoms with Gasteiger partial charge in [-0.1, -0.05) is 23.4 Å². The van der Waals surface area contributed by atoms with E-state index in [1.54, 1.807) is 31.6 Å². The summed E-state index contributed by atoms with van der Waals surface area (Å²) >= 11 is 1.20. The van der Waals surface area contributed by atoms with Gasteiger partial charge in [-0.25, -0.2) is 9.67 Å². The van der Waals surface area contributed by atoms with Gasteiger partial charge in [-0.2, -0.15) is 13.2 Å². The minimum atomic E-state index is -4.37. The predicted molar refractivity (Wildman–Crippen MR) is 112 cm³/mol. The van der Waals surface area contributed by atoms with Crippen LogP contribution in [0.1, 0.15) is 32.1 Å². The van der Waals surface area contributed by atoms with Crippen molar-refractivity contribution in [1.82, 2.24) is 30.3 Å². The number of thiazole rings is 1. The number of pyridine rings is 1. The summed E-state index contributed by atoms with van der Waals surface area (Å²) in [4.78, 5) is 21.5. The topological polar surface area (TPSA) is 85.6 Å². The number of rotatable bonds is 6. The average molecular weight is 458 g/mol. The number of carbonyl (C=O) groups is 1. The highest BCUT2D eigenvalue weighted by Gasteiger charge is 2.29. The Labute approximate surface area is 185 Å². The van der Waals surface area contributed by atoms with Crippen molar-refractivity contribution in [2.45, 2.75) is 26.2 Å². The first-order valence-electron chi connectivity index (χ1n) is 9.51. The number of halogens is 3. The van der Waals surface area contributed by atoms with E-state index in [2.05, 4.69) is 25.6 Å². The molecular formula is C21H17F3N6OS. The van der Waals surface area contributed by atoms with Crippen LogP contribution in [0.15, 0.2) is 55.0 Å². The molecule has 1 N–H and O–H groups in total. The van der Waals surface area contributed by atoms with E-state index in [4.69, 9.17) is 0 Å². The molecule has 3 aromatic heterocycles. The largest absolute Gasteiger partial charge is 0.416 e. The van der Waals surface area contributed by atoms with Crippen molar-refractivity contribution in [3.8, 4) is 10.7 Å². The van der Waals surface area contributed by atoms with Crippen molar-refractivity contribution in [2.24, 2.45) is 0 Å². The van der Waals surface area contributed by atoms with E-state index in [1.165, 1.54) is 28.2 Å². The van der Waals surface area contributed by atoms with Crippen molar-refractivity contribution in [2.75, 3.05) is 0 Å². The molecule has 164 valence electrons. The molecule has 0 atom stereocenters. The predicted octanol–water partition coefficient (Wildman–Crippen LogP) is 4.10. The third kappa shape index (κ3) is 4.99. The Bertz CT molecular complexity index is 1220. The maximum atomic E-state index is 12.7. The maximum Gasteiger partial charge on any atom is 0.416 e. The smallest absolute Gasteiger partial charge is 0.347 e. The number of amides is 1. The van der Waals surface area contributed by atoms with E-state index >= 15 is 0 Å². The molecule has 0 bridgehead atoms. The molecule has 0 unspecified atom stereocenters. The first-order chi connectivity index (χ1) is 15.3. The second-order valence-electron chi connectivity index (χ2n) is 6.97. The van der Waals surface area contributed by atoms with Crippen LogP contribution in [-0.2, 0) is 19.3 Å². The van der Waals surface area contributed by atoms with E-state index in [0.717, 1.165) is 17.7 Å². The second kappa shape index (κ2) is 8.87. The molecule has 0 aliphatic carbocycles. The van der Waals surface area contributed by atoms with Gasteiger partial charge in [-0.05, 0) is 36.2 Å². The number of alkyl halides is 3. The number of carbonyl (C=O) groups excluding carboxylic acids is 1. The quantitative estimate of drug-likeness (QED) is 0.470.